The van der Waals surface area contributed by atoms with Crippen molar-refractivity contribution in [2.24, 2.45) is 0 Å². The second-order valence-corrected chi connectivity index (χ2v) is 7.75. The van der Waals surface area contributed by atoms with Crippen molar-refractivity contribution in [3.05, 3.63) is 45.6 Å². The first-order chi connectivity index (χ1) is 13.1. The maximum atomic E-state index is 12.6. The number of carbonyl (C=O) groups excluding carboxylic acids is 1. The summed E-state index contributed by atoms with van der Waals surface area (Å²) in [6.45, 7) is 4.84. The summed E-state index contributed by atoms with van der Waals surface area (Å²) in [5, 5.41) is 7.61. The lowest BCUT2D eigenvalue weighted by atomic mass is 10.2. The zero-order valence-electron chi connectivity index (χ0n) is 15.0. The molecule has 2 heterocycles. The molecule has 0 fully saturated rings. The molecule has 0 bridgehead atoms. The zero-order valence-corrected chi connectivity index (χ0v) is 17.3. The second-order valence-electron chi connectivity index (χ2n) is 5.54. The molecule has 1 aromatic carbocycles. The Morgan fingerprint density at radius 1 is 1.26 bits per heavy atom. The Bertz CT molecular complexity index is 910. The molecular formula is C19H19ClN2O3S2. The molecule has 0 aliphatic carbocycles. The van der Waals surface area contributed by atoms with Crippen LogP contribution in [0.5, 0.6) is 11.5 Å². The summed E-state index contributed by atoms with van der Waals surface area (Å²) < 4.78 is 11.3. The van der Waals surface area contributed by atoms with Crippen LogP contribution in [-0.2, 0) is 0 Å². The van der Waals surface area contributed by atoms with Crippen LogP contribution in [0.1, 0.15) is 30.6 Å². The van der Waals surface area contributed by atoms with E-state index in [2.05, 4.69) is 10.3 Å². The number of amides is 1. The smallest absolute Gasteiger partial charge is 0.257 e. The predicted octanol–water partition coefficient (Wildman–Crippen LogP) is 5.96. The fourth-order valence-corrected chi connectivity index (χ4v) is 4.08. The van der Waals surface area contributed by atoms with E-state index < -0.39 is 0 Å². The lowest BCUT2D eigenvalue weighted by Gasteiger charge is -2.14. The third-order valence-electron chi connectivity index (χ3n) is 3.52. The van der Waals surface area contributed by atoms with Crippen molar-refractivity contribution in [1.82, 2.24) is 4.98 Å². The van der Waals surface area contributed by atoms with Crippen LogP contribution in [0.4, 0.5) is 5.13 Å². The summed E-state index contributed by atoms with van der Waals surface area (Å²) in [6.07, 6.45) is 0.848. The van der Waals surface area contributed by atoms with Crippen LogP contribution >= 0.6 is 34.3 Å². The Morgan fingerprint density at radius 2 is 2.11 bits per heavy atom. The van der Waals surface area contributed by atoms with Gasteiger partial charge in [0, 0.05) is 10.9 Å². The van der Waals surface area contributed by atoms with Crippen molar-refractivity contribution < 1.29 is 14.3 Å². The largest absolute Gasteiger partial charge is 0.490 e. The summed E-state index contributed by atoms with van der Waals surface area (Å²) in [6, 6.07) is 7.19. The van der Waals surface area contributed by atoms with Gasteiger partial charge in [-0.1, -0.05) is 24.6 Å². The van der Waals surface area contributed by atoms with Crippen molar-refractivity contribution in [2.75, 3.05) is 18.5 Å². The molecule has 5 nitrogen and oxygen atoms in total. The van der Waals surface area contributed by atoms with Crippen LogP contribution in [0.2, 0.25) is 5.02 Å². The number of rotatable bonds is 8. The standard InChI is InChI=1S/C19H19ClN2O3S2/c1-3-7-25-17-13(20)9-12(10-15(17)24-4-2)18(23)22-19-21-14(11-27-19)16-6-5-8-26-16/h5-6,8-11H,3-4,7H2,1-2H3,(H,21,22,23). The first kappa shape index (κ1) is 19.7. The predicted molar refractivity (Wildman–Crippen MR) is 112 cm³/mol. The summed E-state index contributed by atoms with van der Waals surface area (Å²) in [5.41, 5.74) is 1.24. The van der Waals surface area contributed by atoms with Crippen molar-refractivity contribution in [2.45, 2.75) is 20.3 Å². The lowest BCUT2D eigenvalue weighted by Crippen LogP contribution is -2.12. The molecule has 142 valence electrons. The minimum atomic E-state index is -0.299. The monoisotopic (exact) mass is 422 g/mol. The van der Waals surface area contributed by atoms with Crippen LogP contribution in [0, 0.1) is 0 Å². The third kappa shape index (κ3) is 4.80. The van der Waals surface area contributed by atoms with Gasteiger partial charge < -0.3 is 9.47 Å². The number of thiophene rings is 1. The number of carbonyl (C=O) groups is 1. The van der Waals surface area contributed by atoms with E-state index in [1.165, 1.54) is 11.3 Å². The number of hydrogen-bond acceptors (Lipinski definition) is 6. The topological polar surface area (TPSA) is 60.5 Å². The molecule has 0 aliphatic rings. The molecule has 0 saturated carbocycles. The summed E-state index contributed by atoms with van der Waals surface area (Å²) >= 11 is 9.31. The molecule has 3 rings (SSSR count). The van der Waals surface area contributed by atoms with E-state index in [1.807, 2.05) is 36.7 Å². The van der Waals surface area contributed by atoms with Crippen molar-refractivity contribution in [1.29, 1.82) is 0 Å². The van der Waals surface area contributed by atoms with Crippen LogP contribution < -0.4 is 14.8 Å². The van der Waals surface area contributed by atoms with Gasteiger partial charge in [0.2, 0.25) is 0 Å². The van der Waals surface area contributed by atoms with Crippen LogP contribution in [-0.4, -0.2) is 24.1 Å². The highest BCUT2D eigenvalue weighted by atomic mass is 35.5. The van der Waals surface area contributed by atoms with Crippen molar-refractivity contribution in [3.8, 4) is 22.1 Å². The number of benzene rings is 1. The molecule has 0 unspecified atom stereocenters. The van der Waals surface area contributed by atoms with Crippen LogP contribution in [0.3, 0.4) is 0 Å². The minimum absolute atomic E-state index is 0.299. The fraction of sp³-hybridized carbons (Fsp3) is 0.263. The van der Waals surface area contributed by atoms with E-state index in [4.69, 9.17) is 21.1 Å². The van der Waals surface area contributed by atoms with E-state index in [0.717, 1.165) is 17.0 Å². The number of ether oxygens (including phenoxy) is 2. The second kappa shape index (κ2) is 9.21. The number of aromatic nitrogens is 1. The maximum Gasteiger partial charge on any atom is 0.257 e. The number of halogens is 1. The van der Waals surface area contributed by atoms with E-state index >= 15 is 0 Å². The highest BCUT2D eigenvalue weighted by Gasteiger charge is 2.17. The molecule has 0 radical (unpaired) electrons. The molecule has 27 heavy (non-hydrogen) atoms. The molecule has 0 aliphatic heterocycles. The summed E-state index contributed by atoms with van der Waals surface area (Å²) in [7, 11) is 0. The first-order valence-corrected chi connectivity index (χ1v) is 10.7. The highest BCUT2D eigenvalue weighted by Crippen LogP contribution is 2.37. The average molecular weight is 423 g/mol. The van der Waals surface area contributed by atoms with Gasteiger partial charge in [0.1, 0.15) is 0 Å². The fourth-order valence-electron chi connectivity index (χ4n) is 2.34. The Kier molecular flexibility index (Phi) is 6.71. The molecule has 1 N–H and O–H groups in total. The van der Waals surface area contributed by atoms with E-state index in [1.54, 1.807) is 23.5 Å². The number of nitrogens with one attached hydrogen (secondary N) is 1. The van der Waals surface area contributed by atoms with Crippen LogP contribution in [0.25, 0.3) is 10.6 Å². The number of thiazole rings is 1. The molecule has 2 aromatic heterocycles. The van der Waals surface area contributed by atoms with E-state index in [9.17, 15) is 4.79 Å². The SMILES string of the molecule is CCCOc1c(Cl)cc(C(=O)Nc2nc(-c3cccs3)cs2)cc1OCC. The Labute approximate surface area is 170 Å². The molecule has 8 heteroatoms. The highest BCUT2D eigenvalue weighted by molar-refractivity contribution is 7.16. The number of anilines is 1. The number of nitrogens with zero attached hydrogens (tertiary/aromatic N) is 1. The molecule has 0 spiro atoms. The van der Waals surface area contributed by atoms with Gasteiger partial charge >= 0.3 is 0 Å². The molecule has 1 amide bonds. The van der Waals surface area contributed by atoms with Gasteiger partial charge in [-0.05, 0) is 36.9 Å². The molecule has 0 saturated heterocycles. The van der Waals surface area contributed by atoms with Gasteiger partial charge in [0.05, 0.1) is 28.8 Å². The Morgan fingerprint density at radius 3 is 2.81 bits per heavy atom. The van der Waals surface area contributed by atoms with E-state index in [-0.39, 0.29) is 5.91 Å². The van der Waals surface area contributed by atoms with E-state index in [0.29, 0.717) is 40.4 Å². The number of hydrogen-bond donors (Lipinski definition) is 1. The van der Waals surface area contributed by atoms with Crippen molar-refractivity contribution in [3.63, 3.8) is 0 Å². The lowest BCUT2D eigenvalue weighted by molar-refractivity contribution is 0.102. The Hall–Kier alpha value is -2.09. The minimum Gasteiger partial charge on any atom is -0.490 e. The Balaban J connectivity index is 1.79. The van der Waals surface area contributed by atoms with Crippen LogP contribution in [0.15, 0.2) is 35.0 Å². The molecule has 3 aromatic rings. The average Bonchev–Trinajstić information content (AvgIpc) is 3.32. The third-order valence-corrected chi connectivity index (χ3v) is 5.45. The summed E-state index contributed by atoms with van der Waals surface area (Å²) in [5.74, 6) is 0.625. The van der Waals surface area contributed by atoms with Gasteiger partial charge in [0.15, 0.2) is 16.6 Å². The van der Waals surface area contributed by atoms with Gasteiger partial charge in [-0.2, -0.15) is 0 Å². The normalized spacial score (nSPS) is 10.6. The molecule has 0 atom stereocenters. The van der Waals surface area contributed by atoms with Gasteiger partial charge in [0.25, 0.3) is 5.91 Å². The molecular weight excluding hydrogens is 404 g/mol. The maximum absolute atomic E-state index is 12.6. The quantitative estimate of drug-likeness (QED) is 0.486. The first-order valence-electron chi connectivity index (χ1n) is 8.52. The van der Waals surface area contributed by atoms with Gasteiger partial charge in [-0.15, -0.1) is 22.7 Å². The summed E-state index contributed by atoms with van der Waals surface area (Å²) in [4.78, 5) is 18.2. The van der Waals surface area contributed by atoms with Crippen molar-refractivity contribution >= 4 is 45.3 Å². The van der Waals surface area contributed by atoms with Gasteiger partial charge in [-0.25, -0.2) is 4.98 Å². The zero-order chi connectivity index (χ0) is 19.2. The van der Waals surface area contributed by atoms with Gasteiger partial charge in [-0.3, -0.25) is 10.1 Å².